The van der Waals surface area contributed by atoms with Crippen LogP contribution in [-0.4, -0.2) is 45.1 Å². The van der Waals surface area contributed by atoms with Crippen molar-refractivity contribution in [1.82, 2.24) is 14.7 Å². The van der Waals surface area contributed by atoms with Gasteiger partial charge in [0, 0.05) is 19.8 Å². The summed E-state index contributed by atoms with van der Waals surface area (Å²) in [6.07, 6.45) is 5.27. The number of likely N-dealkylation sites (tertiary alicyclic amines) is 1. The van der Waals surface area contributed by atoms with Crippen LogP contribution in [0.4, 0.5) is 5.69 Å². The molecule has 0 aliphatic carbocycles. The predicted molar refractivity (Wildman–Crippen MR) is 71.3 cm³/mol. The summed E-state index contributed by atoms with van der Waals surface area (Å²) in [7, 11) is 0.538. The van der Waals surface area contributed by atoms with Crippen LogP contribution < -0.4 is 9.44 Å². The van der Waals surface area contributed by atoms with E-state index in [0.29, 0.717) is 5.69 Å². The number of anilines is 1. The lowest BCUT2D eigenvalue weighted by Crippen LogP contribution is -2.51. The summed E-state index contributed by atoms with van der Waals surface area (Å²) in [6, 6.07) is 0.00273. The Hall–Kier alpha value is -1.12. The molecule has 8 heteroatoms. The monoisotopic (exact) mass is 272 g/mol. The van der Waals surface area contributed by atoms with Gasteiger partial charge in [-0.05, 0) is 26.4 Å². The number of hydrogen-bond acceptors (Lipinski definition) is 4. The van der Waals surface area contributed by atoms with Crippen LogP contribution in [0.1, 0.15) is 12.8 Å². The van der Waals surface area contributed by atoms with Crippen molar-refractivity contribution in [1.29, 1.82) is 4.78 Å². The van der Waals surface area contributed by atoms with E-state index in [1.807, 2.05) is 7.05 Å². The minimum absolute atomic E-state index is 0.00273. The van der Waals surface area contributed by atoms with E-state index >= 15 is 0 Å². The van der Waals surface area contributed by atoms with Gasteiger partial charge in [0.25, 0.3) is 0 Å². The predicted octanol–water partition coefficient (Wildman–Crippen LogP) is 0.156. The first-order chi connectivity index (χ1) is 8.38. The Kier molecular flexibility index (Phi) is 3.60. The minimum atomic E-state index is -3.27. The van der Waals surface area contributed by atoms with Crippen LogP contribution >= 0.6 is 0 Å². The lowest BCUT2D eigenvalue weighted by molar-refractivity contribution is 0.253. The van der Waals surface area contributed by atoms with Crippen LogP contribution in [0.15, 0.2) is 12.4 Å². The van der Waals surface area contributed by atoms with Crippen LogP contribution in [0, 0.1) is 4.78 Å². The Bertz CT molecular complexity index is 510. The first-order valence-corrected chi connectivity index (χ1v) is 7.49. The molecular weight excluding hydrogens is 252 g/mol. The number of aryl methyl sites for hydroxylation is 1. The maximum absolute atomic E-state index is 12.0. The summed E-state index contributed by atoms with van der Waals surface area (Å²) < 4.78 is 22.9. The number of nitrogens with zero attached hydrogens (tertiary/aromatic N) is 4. The fraction of sp³-hybridized carbons (Fsp3) is 0.700. The number of piperidine rings is 1. The topological polar surface area (TPSA) is 91.2 Å². The molecule has 1 aromatic rings. The largest absolute Gasteiger partial charge is 0.304 e. The molecule has 0 aromatic carbocycles. The Morgan fingerprint density at radius 1 is 1.61 bits per heavy atom. The summed E-state index contributed by atoms with van der Waals surface area (Å²) in [5.74, 6) is 0. The molecule has 0 amide bonds. The molecule has 2 rings (SSSR count). The van der Waals surface area contributed by atoms with Crippen molar-refractivity contribution in [3.8, 4) is 0 Å². The molecule has 0 bridgehead atoms. The Morgan fingerprint density at radius 2 is 2.33 bits per heavy atom. The molecule has 1 aliphatic heterocycles. The van der Waals surface area contributed by atoms with Gasteiger partial charge in [-0.25, -0.2) is 14.1 Å². The van der Waals surface area contributed by atoms with Crippen molar-refractivity contribution >= 4 is 15.8 Å². The molecule has 1 saturated heterocycles. The average molecular weight is 272 g/mol. The van der Waals surface area contributed by atoms with E-state index in [4.69, 9.17) is 9.92 Å². The summed E-state index contributed by atoms with van der Waals surface area (Å²) in [5, 5.41) is 9.62. The van der Waals surface area contributed by atoms with E-state index in [1.165, 1.54) is 4.31 Å². The summed E-state index contributed by atoms with van der Waals surface area (Å²) >= 11 is 0. The smallest absolute Gasteiger partial charge is 0.192 e. The highest BCUT2D eigenvalue weighted by molar-refractivity contribution is 7.91. The second-order valence-corrected chi connectivity index (χ2v) is 6.36. The summed E-state index contributed by atoms with van der Waals surface area (Å²) in [5.41, 5.74) is 0.653. The molecule has 102 valence electrons. The molecule has 2 unspecified atom stereocenters. The molecule has 2 heterocycles. The first kappa shape index (κ1) is 13.3. The zero-order valence-corrected chi connectivity index (χ0v) is 11.6. The van der Waals surface area contributed by atoms with Crippen molar-refractivity contribution in [3.63, 3.8) is 0 Å². The van der Waals surface area contributed by atoms with Gasteiger partial charge in [-0.1, -0.05) is 0 Å². The van der Waals surface area contributed by atoms with Crippen LogP contribution in [0.2, 0.25) is 0 Å². The minimum Gasteiger partial charge on any atom is -0.304 e. The van der Waals surface area contributed by atoms with Crippen molar-refractivity contribution in [2.75, 3.05) is 24.4 Å². The van der Waals surface area contributed by atoms with Crippen molar-refractivity contribution in [3.05, 3.63) is 12.4 Å². The Morgan fingerprint density at radius 3 is 2.83 bits per heavy atom. The SMILES string of the molecule is CN1CCCC(N(c2cnn(C)c2)S(=N)(N)=O)C1. The van der Waals surface area contributed by atoms with Gasteiger partial charge in [-0.2, -0.15) is 5.10 Å². The van der Waals surface area contributed by atoms with Gasteiger partial charge >= 0.3 is 0 Å². The standard InChI is InChI=1S/C10H20N6OS/c1-14-5-3-4-9(7-14)16(18(11,12)17)10-6-13-15(2)8-10/h6,8-9H,3-5,7H2,1-2H3,(H3,11,12,17). The zero-order valence-electron chi connectivity index (χ0n) is 10.7. The number of likely N-dealkylation sites (N-methyl/N-ethyl adjacent to an activating group) is 1. The van der Waals surface area contributed by atoms with Crippen LogP contribution in [0.5, 0.6) is 0 Å². The molecule has 1 aliphatic rings. The molecule has 0 saturated carbocycles. The average Bonchev–Trinajstić information content (AvgIpc) is 2.62. The lowest BCUT2D eigenvalue weighted by atomic mass is 10.1. The van der Waals surface area contributed by atoms with E-state index in [0.717, 1.165) is 25.9 Å². The van der Waals surface area contributed by atoms with Gasteiger partial charge in [0.05, 0.1) is 17.9 Å². The van der Waals surface area contributed by atoms with Crippen molar-refractivity contribution in [2.45, 2.75) is 18.9 Å². The van der Waals surface area contributed by atoms with Crippen LogP contribution in [0.3, 0.4) is 0 Å². The molecule has 18 heavy (non-hydrogen) atoms. The first-order valence-electron chi connectivity index (χ1n) is 5.91. The highest BCUT2D eigenvalue weighted by Crippen LogP contribution is 2.24. The summed E-state index contributed by atoms with van der Waals surface area (Å²) in [6.45, 7) is 1.79. The highest BCUT2D eigenvalue weighted by atomic mass is 32.2. The number of nitrogens with one attached hydrogen (secondary N) is 1. The lowest BCUT2D eigenvalue weighted by Gasteiger charge is -2.37. The van der Waals surface area contributed by atoms with Gasteiger partial charge in [-0.15, -0.1) is 0 Å². The van der Waals surface area contributed by atoms with E-state index in [2.05, 4.69) is 10.00 Å². The van der Waals surface area contributed by atoms with E-state index < -0.39 is 10.1 Å². The van der Waals surface area contributed by atoms with E-state index in [-0.39, 0.29) is 6.04 Å². The molecule has 0 spiro atoms. The molecule has 7 nitrogen and oxygen atoms in total. The normalized spacial score (nSPS) is 24.7. The van der Waals surface area contributed by atoms with Gasteiger partial charge in [0.2, 0.25) is 0 Å². The maximum Gasteiger partial charge on any atom is 0.192 e. The van der Waals surface area contributed by atoms with E-state index in [9.17, 15) is 4.21 Å². The third-order valence-electron chi connectivity index (χ3n) is 3.17. The molecule has 0 radical (unpaired) electrons. The van der Waals surface area contributed by atoms with Crippen LogP contribution in [-0.2, 0) is 17.1 Å². The third kappa shape index (κ3) is 2.82. The van der Waals surface area contributed by atoms with Crippen molar-refractivity contribution < 1.29 is 4.21 Å². The van der Waals surface area contributed by atoms with Gasteiger partial charge in [-0.3, -0.25) is 8.99 Å². The van der Waals surface area contributed by atoms with Crippen molar-refractivity contribution in [2.24, 2.45) is 12.2 Å². The second kappa shape index (κ2) is 4.87. The van der Waals surface area contributed by atoms with E-state index in [1.54, 1.807) is 24.1 Å². The Labute approximate surface area is 108 Å². The number of rotatable bonds is 3. The highest BCUT2D eigenvalue weighted by Gasteiger charge is 2.29. The summed E-state index contributed by atoms with van der Waals surface area (Å²) in [4.78, 5) is 2.17. The Balaban J connectivity index is 2.31. The fourth-order valence-electron chi connectivity index (χ4n) is 2.44. The van der Waals surface area contributed by atoms with Gasteiger partial charge in [0.1, 0.15) is 0 Å². The molecule has 3 N–H and O–H groups in total. The quantitative estimate of drug-likeness (QED) is 0.821. The number of hydrogen-bond donors (Lipinski definition) is 2. The number of aromatic nitrogens is 2. The maximum atomic E-state index is 12.0. The van der Waals surface area contributed by atoms with Gasteiger partial charge in [0.15, 0.2) is 10.1 Å². The fourth-order valence-corrected chi connectivity index (χ4v) is 3.46. The molecule has 1 aromatic heterocycles. The van der Waals surface area contributed by atoms with Gasteiger partial charge < -0.3 is 4.90 Å². The van der Waals surface area contributed by atoms with Crippen LogP contribution in [0.25, 0.3) is 0 Å². The third-order valence-corrected chi connectivity index (χ3v) is 4.26. The molecular formula is C10H20N6OS. The molecule has 1 fully saturated rings. The second-order valence-electron chi connectivity index (χ2n) is 4.82. The molecule has 2 atom stereocenters. The zero-order chi connectivity index (χ0) is 13.3. The number of nitrogens with two attached hydrogens (primary N) is 1.